The van der Waals surface area contributed by atoms with Crippen LogP contribution in [0.4, 0.5) is 26.4 Å². The van der Waals surface area contributed by atoms with Gasteiger partial charge in [-0.05, 0) is 48.4 Å². The fraction of sp³-hybridized carbons (Fsp3) is 0.120. The van der Waals surface area contributed by atoms with Gasteiger partial charge >= 0.3 is 6.03 Å². The highest BCUT2D eigenvalue weighted by molar-refractivity contribution is 5.94. The number of aromatic nitrogens is 5. The number of hydrogen-bond donors (Lipinski definition) is 4. The summed E-state index contributed by atoms with van der Waals surface area (Å²) in [5.41, 5.74) is 4.78. The number of H-pyrrole nitrogens is 2. The summed E-state index contributed by atoms with van der Waals surface area (Å²) in [4.78, 5) is 26.4. The van der Waals surface area contributed by atoms with Gasteiger partial charge in [0.1, 0.15) is 23.6 Å². The molecule has 0 aliphatic carbocycles. The molecule has 1 aliphatic rings. The van der Waals surface area contributed by atoms with Crippen molar-refractivity contribution in [3.05, 3.63) is 78.6 Å². The van der Waals surface area contributed by atoms with Crippen LogP contribution in [0.5, 0.6) is 0 Å². The first-order valence-electron chi connectivity index (χ1n) is 11.2. The molecule has 4 N–H and O–H groups in total. The fourth-order valence-electron chi connectivity index (χ4n) is 4.22. The zero-order valence-corrected chi connectivity index (χ0v) is 18.5. The standard InChI is InChI=1S/C25H21FN8O/c26-19-3-1-2-4-21(19)32-25(35)34-9-7-15(8-10-34)22-12-18-23(27-14-28-24(18)31-22)30-17-5-6-20-16(11-17)13-29-33-20/h1-7,11-14H,8-10H2,(H,29,33)(H,32,35)(H2,27,28,30,31). The molecule has 0 radical (unpaired) electrons. The molecule has 0 spiro atoms. The van der Waals surface area contributed by atoms with Crippen LogP contribution in [0.3, 0.4) is 0 Å². The molecule has 0 fully saturated rings. The number of anilines is 3. The van der Waals surface area contributed by atoms with Crippen LogP contribution in [0.1, 0.15) is 12.1 Å². The number of carbonyl (C=O) groups excluding carboxylic acids is 1. The van der Waals surface area contributed by atoms with E-state index in [1.165, 1.54) is 12.4 Å². The normalized spacial score (nSPS) is 13.7. The molecule has 0 saturated heterocycles. The lowest BCUT2D eigenvalue weighted by atomic mass is 10.1. The summed E-state index contributed by atoms with van der Waals surface area (Å²) >= 11 is 0. The molecule has 6 rings (SSSR count). The Bertz CT molecular complexity index is 1590. The molecule has 4 heterocycles. The van der Waals surface area contributed by atoms with Crippen LogP contribution >= 0.6 is 0 Å². The summed E-state index contributed by atoms with van der Waals surface area (Å²) in [7, 11) is 0. The van der Waals surface area contributed by atoms with Gasteiger partial charge in [-0.25, -0.2) is 19.2 Å². The van der Waals surface area contributed by atoms with E-state index >= 15 is 0 Å². The van der Waals surface area contributed by atoms with E-state index in [-0.39, 0.29) is 11.7 Å². The second-order valence-corrected chi connectivity index (χ2v) is 8.30. The van der Waals surface area contributed by atoms with Crippen molar-refractivity contribution < 1.29 is 9.18 Å². The molecular weight excluding hydrogens is 447 g/mol. The smallest absolute Gasteiger partial charge is 0.322 e. The molecule has 2 aromatic carbocycles. The summed E-state index contributed by atoms with van der Waals surface area (Å²) in [6, 6.07) is 13.8. The minimum absolute atomic E-state index is 0.174. The molecule has 174 valence electrons. The number of halogens is 1. The van der Waals surface area contributed by atoms with Gasteiger partial charge in [0, 0.05) is 29.9 Å². The van der Waals surface area contributed by atoms with E-state index in [4.69, 9.17) is 0 Å². The fourth-order valence-corrected chi connectivity index (χ4v) is 4.22. The van der Waals surface area contributed by atoms with E-state index < -0.39 is 5.82 Å². The number of benzene rings is 2. The number of para-hydroxylation sites is 1. The molecular formula is C25H21FN8O. The topological polar surface area (TPSA) is 115 Å². The van der Waals surface area contributed by atoms with Gasteiger partial charge in [-0.2, -0.15) is 5.10 Å². The summed E-state index contributed by atoms with van der Waals surface area (Å²) in [5.74, 6) is 0.241. The van der Waals surface area contributed by atoms with Crippen molar-refractivity contribution in [1.82, 2.24) is 30.0 Å². The molecule has 5 aromatic rings. The van der Waals surface area contributed by atoms with Crippen molar-refractivity contribution in [2.24, 2.45) is 0 Å². The maximum absolute atomic E-state index is 13.9. The number of urea groups is 1. The molecule has 1 aliphatic heterocycles. The third-order valence-corrected chi connectivity index (χ3v) is 6.09. The van der Waals surface area contributed by atoms with Gasteiger partial charge in [-0.15, -0.1) is 0 Å². The van der Waals surface area contributed by atoms with E-state index in [1.54, 1.807) is 29.3 Å². The Labute approximate surface area is 199 Å². The van der Waals surface area contributed by atoms with Crippen LogP contribution in [0.2, 0.25) is 0 Å². The van der Waals surface area contributed by atoms with Gasteiger partial charge in [-0.3, -0.25) is 5.10 Å². The van der Waals surface area contributed by atoms with Crippen molar-refractivity contribution in [2.75, 3.05) is 23.7 Å². The Morgan fingerprint density at radius 3 is 2.89 bits per heavy atom. The molecule has 0 unspecified atom stereocenters. The van der Waals surface area contributed by atoms with Crippen molar-refractivity contribution in [1.29, 1.82) is 0 Å². The zero-order valence-electron chi connectivity index (χ0n) is 18.5. The molecule has 9 nitrogen and oxygen atoms in total. The summed E-state index contributed by atoms with van der Waals surface area (Å²) in [6.07, 6.45) is 5.96. The first-order chi connectivity index (χ1) is 17.1. The predicted molar refractivity (Wildman–Crippen MR) is 133 cm³/mol. The first kappa shape index (κ1) is 20.8. The number of rotatable bonds is 4. The van der Waals surface area contributed by atoms with Crippen LogP contribution in [-0.4, -0.2) is 49.2 Å². The number of hydrogen-bond acceptors (Lipinski definition) is 5. The van der Waals surface area contributed by atoms with Crippen molar-refractivity contribution >= 4 is 50.7 Å². The molecule has 0 bridgehead atoms. The highest BCUT2D eigenvalue weighted by Crippen LogP contribution is 2.30. The maximum Gasteiger partial charge on any atom is 0.322 e. The van der Waals surface area contributed by atoms with Crippen molar-refractivity contribution in [3.8, 4) is 0 Å². The van der Waals surface area contributed by atoms with Gasteiger partial charge in [0.05, 0.1) is 22.8 Å². The number of nitrogens with zero attached hydrogens (tertiary/aromatic N) is 4. The SMILES string of the molecule is O=C(Nc1ccccc1F)N1CC=C(c2cc3c(Nc4ccc5[nH]ncc5c4)ncnc3[nH]2)CC1. The Hall–Kier alpha value is -4.73. The Balaban J connectivity index is 1.20. The quantitative estimate of drug-likeness (QED) is 0.295. The minimum atomic E-state index is -0.456. The van der Waals surface area contributed by atoms with Crippen LogP contribution < -0.4 is 10.6 Å². The van der Waals surface area contributed by atoms with E-state index in [2.05, 4.69) is 35.8 Å². The zero-order chi connectivity index (χ0) is 23.8. The second-order valence-electron chi connectivity index (χ2n) is 8.30. The van der Waals surface area contributed by atoms with Gasteiger partial charge in [0.2, 0.25) is 0 Å². The van der Waals surface area contributed by atoms with Crippen molar-refractivity contribution in [3.63, 3.8) is 0 Å². The molecule has 0 saturated carbocycles. The molecule has 2 amide bonds. The number of aromatic amines is 2. The van der Waals surface area contributed by atoms with Gasteiger partial charge in [-0.1, -0.05) is 18.2 Å². The Morgan fingerprint density at radius 1 is 1.11 bits per heavy atom. The van der Waals surface area contributed by atoms with E-state index in [0.29, 0.717) is 25.3 Å². The van der Waals surface area contributed by atoms with Crippen LogP contribution in [0.15, 0.2) is 67.1 Å². The minimum Gasteiger partial charge on any atom is -0.340 e. The molecule has 0 atom stereocenters. The predicted octanol–water partition coefficient (Wildman–Crippen LogP) is 5.04. The average Bonchev–Trinajstić information content (AvgIpc) is 3.53. The number of amides is 2. The molecule has 10 heteroatoms. The monoisotopic (exact) mass is 468 g/mol. The number of carbonyl (C=O) groups is 1. The summed E-state index contributed by atoms with van der Waals surface area (Å²) in [6.45, 7) is 0.940. The van der Waals surface area contributed by atoms with E-state index in [1.807, 2.05) is 30.3 Å². The second kappa shape index (κ2) is 8.56. The summed E-state index contributed by atoms with van der Waals surface area (Å²) < 4.78 is 13.9. The first-order valence-corrected chi connectivity index (χ1v) is 11.2. The molecule has 3 aromatic heterocycles. The van der Waals surface area contributed by atoms with Crippen molar-refractivity contribution in [2.45, 2.75) is 6.42 Å². The summed E-state index contributed by atoms with van der Waals surface area (Å²) in [5, 5.41) is 14.9. The highest BCUT2D eigenvalue weighted by Gasteiger charge is 2.20. The van der Waals surface area contributed by atoms with E-state index in [0.717, 1.165) is 38.9 Å². The third-order valence-electron chi connectivity index (χ3n) is 6.09. The lowest BCUT2D eigenvalue weighted by Gasteiger charge is -2.26. The van der Waals surface area contributed by atoms with Gasteiger partial charge in [0.15, 0.2) is 0 Å². The van der Waals surface area contributed by atoms with Crippen LogP contribution in [0.25, 0.3) is 27.5 Å². The van der Waals surface area contributed by atoms with Crippen LogP contribution in [0, 0.1) is 5.82 Å². The van der Waals surface area contributed by atoms with Crippen LogP contribution in [-0.2, 0) is 0 Å². The van der Waals surface area contributed by atoms with E-state index in [9.17, 15) is 9.18 Å². The highest BCUT2D eigenvalue weighted by atomic mass is 19.1. The Morgan fingerprint density at radius 2 is 2.03 bits per heavy atom. The molecule has 35 heavy (non-hydrogen) atoms. The number of fused-ring (bicyclic) bond motifs is 2. The largest absolute Gasteiger partial charge is 0.340 e. The van der Waals surface area contributed by atoms with Gasteiger partial charge in [0.25, 0.3) is 0 Å². The van der Waals surface area contributed by atoms with Gasteiger partial charge < -0.3 is 20.5 Å². The average molecular weight is 468 g/mol. The third kappa shape index (κ3) is 4.05. The maximum atomic E-state index is 13.9. The number of nitrogens with one attached hydrogen (secondary N) is 4. The Kier molecular flexibility index (Phi) is 5.10. The lowest BCUT2D eigenvalue weighted by molar-refractivity contribution is 0.217. The lowest BCUT2D eigenvalue weighted by Crippen LogP contribution is -2.38.